The molecule has 0 aliphatic heterocycles. The van der Waals surface area contributed by atoms with Crippen LogP contribution in [0.5, 0.6) is 0 Å². The Labute approximate surface area is 138 Å². The Balaban J connectivity index is 2.08. The molecule has 2 N–H and O–H groups in total. The topological polar surface area (TPSA) is 99.6 Å². The lowest BCUT2D eigenvalue weighted by Crippen LogP contribution is -2.27. The molecule has 0 unspecified atom stereocenters. The van der Waals surface area contributed by atoms with Crippen molar-refractivity contribution in [3.8, 4) is 0 Å². The van der Waals surface area contributed by atoms with Gasteiger partial charge in [-0.15, -0.1) is 11.3 Å². The van der Waals surface area contributed by atoms with Crippen molar-refractivity contribution in [2.45, 2.75) is 11.4 Å². The zero-order valence-corrected chi connectivity index (χ0v) is 14.1. The first-order valence-electron chi connectivity index (χ1n) is 6.78. The molecule has 1 aromatic carbocycles. The molecule has 9 heteroatoms. The van der Waals surface area contributed by atoms with Crippen LogP contribution in [0.2, 0.25) is 0 Å². The summed E-state index contributed by atoms with van der Waals surface area (Å²) in [7, 11) is -2.01. The molecule has 124 valence electrons. The van der Waals surface area contributed by atoms with Gasteiger partial charge in [0, 0.05) is 30.7 Å². The largest absolute Gasteiger partial charge is 0.395 e. The molecular weight excluding hydrogens is 338 g/mol. The quantitative estimate of drug-likeness (QED) is 0.761. The first-order chi connectivity index (χ1) is 10.9. The van der Waals surface area contributed by atoms with Crippen molar-refractivity contribution in [3.63, 3.8) is 0 Å². The lowest BCUT2D eigenvalue weighted by atomic mass is 10.2. The summed E-state index contributed by atoms with van der Waals surface area (Å²) in [5, 5.41) is 11.3. The number of carbonyl (C=O) groups excluding carboxylic acids is 1. The molecule has 7 nitrogen and oxygen atoms in total. The SMILES string of the molecule is CN(Cc1nccs1)C(=O)c1ccc(S(=O)(=O)NCCO)cc1. The van der Waals surface area contributed by atoms with Gasteiger partial charge in [-0.1, -0.05) is 0 Å². The maximum atomic E-state index is 12.3. The van der Waals surface area contributed by atoms with Crippen molar-refractivity contribution in [2.75, 3.05) is 20.2 Å². The van der Waals surface area contributed by atoms with Crippen LogP contribution in [0, 0.1) is 0 Å². The first kappa shape index (κ1) is 17.5. The second kappa shape index (κ2) is 7.64. The molecule has 0 saturated carbocycles. The predicted octanol–water partition coefficient (Wildman–Crippen LogP) is 0.686. The summed E-state index contributed by atoms with van der Waals surface area (Å²) < 4.78 is 26.0. The molecule has 0 radical (unpaired) electrons. The van der Waals surface area contributed by atoms with E-state index < -0.39 is 10.0 Å². The number of aliphatic hydroxyl groups is 1. The van der Waals surface area contributed by atoms with E-state index in [9.17, 15) is 13.2 Å². The number of sulfonamides is 1. The Morgan fingerprint density at radius 2 is 2.04 bits per heavy atom. The number of nitrogens with one attached hydrogen (secondary N) is 1. The lowest BCUT2D eigenvalue weighted by molar-refractivity contribution is 0.0785. The van der Waals surface area contributed by atoms with E-state index in [0.29, 0.717) is 12.1 Å². The third kappa shape index (κ3) is 4.58. The standard InChI is InChI=1S/C14H17N3O4S2/c1-17(10-13-15-7-9-22-13)14(19)11-2-4-12(5-3-11)23(20,21)16-6-8-18/h2-5,7,9,16,18H,6,8,10H2,1H3. The molecule has 1 heterocycles. The summed E-state index contributed by atoms with van der Waals surface area (Å²) >= 11 is 1.46. The van der Waals surface area contributed by atoms with Gasteiger partial charge in [0.25, 0.3) is 5.91 Å². The zero-order valence-electron chi connectivity index (χ0n) is 12.5. The highest BCUT2D eigenvalue weighted by Crippen LogP contribution is 2.14. The molecule has 0 aliphatic carbocycles. The molecule has 0 atom stereocenters. The van der Waals surface area contributed by atoms with E-state index >= 15 is 0 Å². The molecule has 1 aromatic heterocycles. The Bertz CT molecular complexity index is 743. The van der Waals surface area contributed by atoms with Crippen molar-refractivity contribution in [3.05, 3.63) is 46.4 Å². The van der Waals surface area contributed by atoms with Crippen LogP contribution in [-0.2, 0) is 16.6 Å². The number of benzene rings is 1. The molecule has 0 spiro atoms. The van der Waals surface area contributed by atoms with Crippen LogP contribution in [-0.4, -0.2) is 49.5 Å². The van der Waals surface area contributed by atoms with E-state index in [1.807, 2.05) is 5.38 Å². The van der Waals surface area contributed by atoms with Gasteiger partial charge in [0.2, 0.25) is 10.0 Å². The first-order valence-corrected chi connectivity index (χ1v) is 9.15. The predicted molar refractivity (Wildman–Crippen MR) is 86.6 cm³/mol. The summed E-state index contributed by atoms with van der Waals surface area (Å²) in [6, 6.07) is 5.66. The highest BCUT2D eigenvalue weighted by molar-refractivity contribution is 7.89. The number of aliphatic hydroxyl groups excluding tert-OH is 1. The molecule has 0 fully saturated rings. The molecule has 2 rings (SSSR count). The number of amides is 1. The highest BCUT2D eigenvalue weighted by atomic mass is 32.2. The number of thiazole rings is 1. The molecule has 0 aliphatic rings. The van der Waals surface area contributed by atoms with Gasteiger partial charge in [-0.3, -0.25) is 4.79 Å². The number of rotatable bonds is 7. The number of nitrogens with zero attached hydrogens (tertiary/aromatic N) is 2. The number of hydrogen-bond donors (Lipinski definition) is 2. The van der Waals surface area contributed by atoms with Gasteiger partial charge in [0.05, 0.1) is 18.0 Å². The average molecular weight is 355 g/mol. The van der Waals surface area contributed by atoms with Crippen molar-refractivity contribution < 1.29 is 18.3 Å². The fraction of sp³-hybridized carbons (Fsp3) is 0.286. The highest BCUT2D eigenvalue weighted by Gasteiger charge is 2.16. The van der Waals surface area contributed by atoms with E-state index in [4.69, 9.17) is 5.11 Å². The monoisotopic (exact) mass is 355 g/mol. The van der Waals surface area contributed by atoms with E-state index in [1.54, 1.807) is 13.2 Å². The summed E-state index contributed by atoms with van der Waals surface area (Å²) in [4.78, 5) is 18.0. The number of aromatic nitrogens is 1. The molecular formula is C14H17N3O4S2. The van der Waals surface area contributed by atoms with Crippen LogP contribution in [0.25, 0.3) is 0 Å². The second-order valence-electron chi connectivity index (χ2n) is 4.73. The summed E-state index contributed by atoms with van der Waals surface area (Å²) in [6.07, 6.45) is 1.68. The van der Waals surface area contributed by atoms with Crippen molar-refractivity contribution >= 4 is 27.3 Å². The van der Waals surface area contributed by atoms with E-state index in [0.717, 1.165) is 5.01 Å². The average Bonchev–Trinajstić information content (AvgIpc) is 3.05. The summed E-state index contributed by atoms with van der Waals surface area (Å²) in [5.74, 6) is -0.215. The molecule has 0 bridgehead atoms. The molecule has 23 heavy (non-hydrogen) atoms. The van der Waals surface area contributed by atoms with Crippen LogP contribution in [0.4, 0.5) is 0 Å². The fourth-order valence-electron chi connectivity index (χ4n) is 1.87. The van der Waals surface area contributed by atoms with Crippen LogP contribution in [0.3, 0.4) is 0 Å². The van der Waals surface area contributed by atoms with Crippen LogP contribution in [0.1, 0.15) is 15.4 Å². The van der Waals surface area contributed by atoms with Gasteiger partial charge in [-0.2, -0.15) is 0 Å². The van der Waals surface area contributed by atoms with Crippen LogP contribution < -0.4 is 4.72 Å². The number of hydrogen-bond acceptors (Lipinski definition) is 6. The van der Waals surface area contributed by atoms with E-state index in [-0.39, 0.29) is 24.0 Å². The minimum absolute atomic E-state index is 0.0464. The van der Waals surface area contributed by atoms with Gasteiger partial charge in [-0.25, -0.2) is 18.1 Å². The van der Waals surface area contributed by atoms with Gasteiger partial charge in [0.1, 0.15) is 5.01 Å². The van der Waals surface area contributed by atoms with Crippen molar-refractivity contribution in [1.29, 1.82) is 0 Å². The maximum absolute atomic E-state index is 12.3. The van der Waals surface area contributed by atoms with Crippen LogP contribution >= 0.6 is 11.3 Å². The third-order valence-corrected chi connectivity index (χ3v) is 5.26. The van der Waals surface area contributed by atoms with E-state index in [2.05, 4.69) is 9.71 Å². The molecule has 0 saturated heterocycles. The van der Waals surface area contributed by atoms with Crippen molar-refractivity contribution in [1.82, 2.24) is 14.6 Å². The molecule has 1 amide bonds. The van der Waals surface area contributed by atoms with Gasteiger partial charge in [0.15, 0.2) is 0 Å². The normalized spacial score (nSPS) is 11.4. The van der Waals surface area contributed by atoms with Gasteiger partial charge >= 0.3 is 0 Å². The zero-order chi connectivity index (χ0) is 16.9. The molecule has 2 aromatic rings. The Morgan fingerprint density at radius 1 is 1.35 bits per heavy atom. The smallest absolute Gasteiger partial charge is 0.253 e. The van der Waals surface area contributed by atoms with Crippen LogP contribution in [0.15, 0.2) is 40.7 Å². The summed E-state index contributed by atoms with van der Waals surface area (Å²) in [6.45, 7) is 0.0610. The fourth-order valence-corrected chi connectivity index (χ4v) is 3.56. The summed E-state index contributed by atoms with van der Waals surface area (Å²) in [5.41, 5.74) is 0.394. The maximum Gasteiger partial charge on any atom is 0.253 e. The minimum atomic E-state index is -3.67. The second-order valence-corrected chi connectivity index (χ2v) is 7.48. The van der Waals surface area contributed by atoms with Gasteiger partial charge in [-0.05, 0) is 24.3 Å². The van der Waals surface area contributed by atoms with Gasteiger partial charge < -0.3 is 10.0 Å². The Morgan fingerprint density at radius 3 is 2.61 bits per heavy atom. The number of carbonyl (C=O) groups is 1. The Hall–Kier alpha value is -1.81. The van der Waals surface area contributed by atoms with Crippen molar-refractivity contribution in [2.24, 2.45) is 0 Å². The minimum Gasteiger partial charge on any atom is -0.395 e. The Kier molecular flexibility index (Phi) is 5.83. The van der Waals surface area contributed by atoms with E-state index in [1.165, 1.54) is 40.5 Å². The third-order valence-electron chi connectivity index (χ3n) is 3.02. The lowest BCUT2D eigenvalue weighted by Gasteiger charge is -2.16.